The van der Waals surface area contributed by atoms with E-state index < -0.39 is 6.10 Å². The lowest BCUT2D eigenvalue weighted by atomic mass is 9.74. The van der Waals surface area contributed by atoms with Gasteiger partial charge in [-0.2, -0.15) is 0 Å². The molecule has 0 aliphatic heterocycles. The summed E-state index contributed by atoms with van der Waals surface area (Å²) in [6.45, 7) is 13.3. The molecule has 0 radical (unpaired) electrons. The summed E-state index contributed by atoms with van der Waals surface area (Å²) in [5.74, 6) is -0.171. The lowest BCUT2D eigenvalue weighted by Crippen LogP contribution is -2.40. The van der Waals surface area contributed by atoms with Crippen LogP contribution in [-0.2, 0) is 4.79 Å². The molecule has 0 heterocycles. The first-order valence-electron chi connectivity index (χ1n) is 5.20. The number of hydrogen-bond donors (Lipinski definition) is 1. The van der Waals surface area contributed by atoms with E-state index in [9.17, 15) is 9.90 Å². The molecule has 0 aromatic heterocycles. The molecule has 0 aromatic rings. The molecule has 2 atom stereocenters. The normalized spacial score (nSPS) is 17.7. The maximum Gasteiger partial charge on any atom is 0.143 e. The SMILES string of the molecule is C[C@H](C(=O)C(C)(C)C)[C@H](O)C(C)(C)C. The van der Waals surface area contributed by atoms with E-state index >= 15 is 0 Å². The smallest absolute Gasteiger partial charge is 0.143 e. The topological polar surface area (TPSA) is 37.3 Å². The molecule has 0 aromatic carbocycles. The van der Waals surface area contributed by atoms with Crippen LogP contribution in [0.25, 0.3) is 0 Å². The molecule has 0 bridgehead atoms. The second-order valence-electron chi connectivity index (χ2n) is 6.21. The Balaban J connectivity index is 4.65. The fourth-order valence-electron chi connectivity index (χ4n) is 1.58. The maximum atomic E-state index is 11.9. The molecule has 0 unspecified atom stereocenters. The van der Waals surface area contributed by atoms with Crippen LogP contribution in [0.5, 0.6) is 0 Å². The summed E-state index contributed by atoms with van der Waals surface area (Å²) in [5, 5.41) is 9.97. The minimum atomic E-state index is -0.575. The van der Waals surface area contributed by atoms with Gasteiger partial charge in [0.1, 0.15) is 5.78 Å². The third-order valence-corrected chi connectivity index (χ3v) is 2.51. The summed E-state index contributed by atoms with van der Waals surface area (Å²) in [4.78, 5) is 11.9. The van der Waals surface area contributed by atoms with E-state index in [2.05, 4.69) is 0 Å². The largest absolute Gasteiger partial charge is 0.392 e. The molecule has 0 amide bonds. The van der Waals surface area contributed by atoms with Crippen molar-refractivity contribution in [3.63, 3.8) is 0 Å². The molecule has 14 heavy (non-hydrogen) atoms. The van der Waals surface area contributed by atoms with E-state index in [4.69, 9.17) is 0 Å². The minimum absolute atomic E-state index is 0.125. The third-order valence-electron chi connectivity index (χ3n) is 2.51. The Morgan fingerprint density at radius 1 is 1.07 bits per heavy atom. The molecule has 0 rings (SSSR count). The molecule has 2 heteroatoms. The highest BCUT2D eigenvalue weighted by molar-refractivity contribution is 5.86. The van der Waals surface area contributed by atoms with Gasteiger partial charge >= 0.3 is 0 Å². The summed E-state index contributed by atoms with van der Waals surface area (Å²) in [7, 11) is 0. The molecule has 0 saturated carbocycles. The monoisotopic (exact) mass is 200 g/mol. The van der Waals surface area contributed by atoms with Gasteiger partial charge in [-0.05, 0) is 5.41 Å². The van der Waals surface area contributed by atoms with Crippen molar-refractivity contribution in [1.29, 1.82) is 0 Å². The van der Waals surface area contributed by atoms with Gasteiger partial charge in [-0.15, -0.1) is 0 Å². The van der Waals surface area contributed by atoms with Crippen molar-refractivity contribution in [3.05, 3.63) is 0 Å². The molecular weight excluding hydrogens is 176 g/mol. The fourth-order valence-corrected chi connectivity index (χ4v) is 1.58. The number of Topliss-reactive ketones (excluding diaryl/α,β-unsaturated/α-hetero) is 1. The van der Waals surface area contributed by atoms with Crippen molar-refractivity contribution >= 4 is 5.78 Å². The molecule has 0 spiro atoms. The van der Waals surface area contributed by atoms with E-state index in [0.717, 1.165) is 0 Å². The number of carbonyl (C=O) groups is 1. The van der Waals surface area contributed by atoms with Crippen molar-refractivity contribution in [2.75, 3.05) is 0 Å². The fraction of sp³-hybridized carbons (Fsp3) is 0.917. The van der Waals surface area contributed by atoms with Gasteiger partial charge in [0.15, 0.2) is 0 Å². The zero-order valence-corrected chi connectivity index (χ0v) is 10.5. The number of aliphatic hydroxyl groups excluding tert-OH is 1. The van der Waals surface area contributed by atoms with Crippen LogP contribution in [0.15, 0.2) is 0 Å². The standard InChI is InChI=1S/C12H24O2/c1-8(9(13)11(2,3)4)10(14)12(5,6)7/h8-9,13H,1-7H3/t8-,9-/m0/s1. The maximum absolute atomic E-state index is 11.9. The first-order chi connectivity index (χ1) is 5.98. The van der Waals surface area contributed by atoms with Crippen LogP contribution in [0.2, 0.25) is 0 Å². The molecule has 84 valence electrons. The number of ketones is 1. The molecular formula is C12H24O2. The minimum Gasteiger partial charge on any atom is -0.392 e. The number of rotatable bonds is 2. The predicted octanol–water partition coefficient (Wildman–Crippen LogP) is 2.64. The molecule has 0 fully saturated rings. The Morgan fingerprint density at radius 2 is 1.43 bits per heavy atom. The van der Waals surface area contributed by atoms with Gasteiger partial charge in [0.2, 0.25) is 0 Å². The zero-order chi connectivity index (χ0) is 11.7. The number of aliphatic hydroxyl groups is 1. The number of hydrogen-bond acceptors (Lipinski definition) is 2. The Bertz CT molecular complexity index is 205. The lowest BCUT2D eigenvalue weighted by Gasteiger charge is -2.33. The summed E-state index contributed by atoms with van der Waals surface area (Å²) < 4.78 is 0. The summed E-state index contributed by atoms with van der Waals surface area (Å²) in [5.41, 5.74) is -0.605. The van der Waals surface area contributed by atoms with E-state index in [1.165, 1.54) is 0 Å². The van der Waals surface area contributed by atoms with Gasteiger partial charge in [0.25, 0.3) is 0 Å². The van der Waals surface area contributed by atoms with E-state index in [1.807, 2.05) is 48.5 Å². The second kappa shape index (κ2) is 4.01. The highest BCUT2D eigenvalue weighted by atomic mass is 16.3. The van der Waals surface area contributed by atoms with Crippen LogP contribution < -0.4 is 0 Å². The van der Waals surface area contributed by atoms with Crippen LogP contribution >= 0.6 is 0 Å². The van der Waals surface area contributed by atoms with E-state index in [-0.39, 0.29) is 22.5 Å². The Kier molecular flexibility index (Phi) is 3.91. The highest BCUT2D eigenvalue weighted by Crippen LogP contribution is 2.30. The van der Waals surface area contributed by atoms with Crippen molar-refractivity contribution in [3.8, 4) is 0 Å². The molecule has 0 aliphatic rings. The van der Waals surface area contributed by atoms with Gasteiger partial charge in [-0.1, -0.05) is 48.5 Å². The molecule has 1 N–H and O–H groups in total. The first kappa shape index (κ1) is 13.6. The van der Waals surface area contributed by atoms with Crippen LogP contribution in [0.4, 0.5) is 0 Å². The van der Waals surface area contributed by atoms with Gasteiger partial charge < -0.3 is 5.11 Å². The van der Waals surface area contributed by atoms with Gasteiger partial charge in [-0.3, -0.25) is 4.79 Å². The quantitative estimate of drug-likeness (QED) is 0.744. The van der Waals surface area contributed by atoms with Gasteiger partial charge in [0, 0.05) is 11.3 Å². The first-order valence-corrected chi connectivity index (χ1v) is 5.20. The van der Waals surface area contributed by atoms with Crippen LogP contribution in [0.3, 0.4) is 0 Å². The van der Waals surface area contributed by atoms with E-state index in [1.54, 1.807) is 0 Å². The number of carbonyl (C=O) groups excluding carboxylic acids is 1. The lowest BCUT2D eigenvalue weighted by molar-refractivity contribution is -0.136. The second-order valence-corrected chi connectivity index (χ2v) is 6.21. The van der Waals surface area contributed by atoms with Gasteiger partial charge in [0.05, 0.1) is 6.10 Å². The summed E-state index contributed by atoms with van der Waals surface area (Å²) >= 11 is 0. The van der Waals surface area contributed by atoms with Crippen molar-refractivity contribution in [2.24, 2.45) is 16.7 Å². The summed E-state index contributed by atoms with van der Waals surface area (Å²) in [6.07, 6.45) is -0.575. The van der Waals surface area contributed by atoms with Crippen LogP contribution in [0.1, 0.15) is 48.5 Å². The molecule has 0 saturated heterocycles. The molecule has 2 nitrogen and oxygen atoms in total. The highest BCUT2D eigenvalue weighted by Gasteiger charge is 2.36. The van der Waals surface area contributed by atoms with Crippen molar-refractivity contribution in [1.82, 2.24) is 0 Å². The third kappa shape index (κ3) is 3.41. The van der Waals surface area contributed by atoms with Crippen molar-refractivity contribution < 1.29 is 9.90 Å². The predicted molar refractivity (Wildman–Crippen MR) is 59.1 cm³/mol. The Hall–Kier alpha value is -0.370. The summed E-state index contributed by atoms with van der Waals surface area (Å²) in [6, 6.07) is 0. The molecule has 0 aliphatic carbocycles. The average Bonchev–Trinajstić information content (AvgIpc) is 1.97. The van der Waals surface area contributed by atoms with Crippen LogP contribution in [0, 0.1) is 16.7 Å². The van der Waals surface area contributed by atoms with Crippen molar-refractivity contribution in [2.45, 2.75) is 54.6 Å². The zero-order valence-electron chi connectivity index (χ0n) is 10.5. The van der Waals surface area contributed by atoms with Gasteiger partial charge in [-0.25, -0.2) is 0 Å². The Labute approximate surface area is 87.7 Å². The van der Waals surface area contributed by atoms with Crippen LogP contribution in [-0.4, -0.2) is 17.0 Å². The average molecular weight is 200 g/mol. The Morgan fingerprint density at radius 3 is 1.64 bits per heavy atom. The van der Waals surface area contributed by atoms with E-state index in [0.29, 0.717) is 0 Å².